The van der Waals surface area contributed by atoms with Crippen molar-refractivity contribution in [2.75, 3.05) is 12.9 Å². The van der Waals surface area contributed by atoms with Crippen LogP contribution in [0.25, 0.3) is 0 Å². The van der Waals surface area contributed by atoms with Gasteiger partial charge in [-0.1, -0.05) is 11.8 Å². The van der Waals surface area contributed by atoms with Crippen LogP contribution in [0.15, 0.2) is 16.0 Å². The molecule has 0 atom stereocenters. The third-order valence-corrected chi connectivity index (χ3v) is 2.80. The maximum Gasteiger partial charge on any atom is 0.318 e. The van der Waals surface area contributed by atoms with Gasteiger partial charge in [-0.05, 0) is 0 Å². The number of nitrogens with two attached hydrogens (primary N) is 1. The van der Waals surface area contributed by atoms with E-state index in [2.05, 4.69) is 14.7 Å². The van der Waals surface area contributed by atoms with E-state index in [4.69, 9.17) is 5.73 Å². The number of aromatic nitrogens is 2. The number of amides is 3. The number of ether oxygens (including phenoxy) is 1. The average molecular weight is 300 g/mol. The molecule has 1 aromatic rings. The molecule has 0 aliphatic heterocycles. The second-order valence-electron chi connectivity index (χ2n) is 3.50. The predicted molar refractivity (Wildman–Crippen MR) is 69.0 cm³/mol. The van der Waals surface area contributed by atoms with Crippen molar-refractivity contribution in [3.63, 3.8) is 0 Å². The van der Waals surface area contributed by atoms with Crippen LogP contribution in [-0.4, -0.2) is 40.7 Å². The van der Waals surface area contributed by atoms with Crippen molar-refractivity contribution in [3.05, 3.63) is 22.1 Å². The first kappa shape index (κ1) is 15.7. The zero-order valence-corrected chi connectivity index (χ0v) is 11.3. The lowest BCUT2D eigenvalue weighted by Crippen LogP contribution is -2.36. The molecular weight excluding hydrogens is 288 g/mol. The number of methoxy groups -OCH3 is 1. The Balaban J connectivity index is 2.71. The monoisotopic (exact) mass is 300 g/mol. The Hall–Kier alpha value is -2.36. The smallest absolute Gasteiger partial charge is 0.318 e. The summed E-state index contributed by atoms with van der Waals surface area (Å²) in [6.07, 6.45) is -0.151. The minimum atomic E-state index is -0.962. The van der Waals surface area contributed by atoms with Gasteiger partial charge in [0, 0.05) is 6.07 Å². The fourth-order valence-corrected chi connectivity index (χ4v) is 1.86. The van der Waals surface area contributed by atoms with E-state index >= 15 is 0 Å². The van der Waals surface area contributed by atoms with E-state index in [1.165, 1.54) is 7.11 Å². The normalized spacial score (nSPS) is 9.85. The molecule has 1 heterocycles. The second kappa shape index (κ2) is 7.28. The number of nitrogens with zero attached hydrogens (tertiary/aromatic N) is 1. The molecule has 0 radical (unpaired) electrons. The Labute approximate surface area is 117 Å². The maximum atomic E-state index is 11.4. The molecule has 4 N–H and O–H groups in total. The number of primary amides is 1. The Morgan fingerprint density at radius 2 is 2.20 bits per heavy atom. The van der Waals surface area contributed by atoms with Gasteiger partial charge in [0.25, 0.3) is 5.56 Å². The molecule has 0 unspecified atom stereocenters. The number of carbonyl (C=O) groups is 3. The number of thioether (sulfide) groups is 1. The van der Waals surface area contributed by atoms with Crippen LogP contribution >= 0.6 is 11.8 Å². The summed E-state index contributed by atoms with van der Waals surface area (Å²) in [6.45, 7) is 0. The Kier molecular flexibility index (Phi) is 5.72. The molecule has 0 fully saturated rings. The summed E-state index contributed by atoms with van der Waals surface area (Å²) in [4.78, 5) is 50.5. The first-order valence-corrected chi connectivity index (χ1v) is 6.28. The topological polar surface area (TPSA) is 144 Å². The quantitative estimate of drug-likeness (QED) is 0.351. The van der Waals surface area contributed by atoms with Gasteiger partial charge in [-0.2, -0.15) is 0 Å². The lowest BCUT2D eigenvalue weighted by Gasteiger charge is -2.03. The van der Waals surface area contributed by atoms with Gasteiger partial charge in [0.1, 0.15) is 0 Å². The van der Waals surface area contributed by atoms with Gasteiger partial charge in [-0.25, -0.2) is 9.78 Å². The zero-order valence-electron chi connectivity index (χ0n) is 10.5. The van der Waals surface area contributed by atoms with E-state index in [0.717, 1.165) is 17.8 Å². The third-order valence-electron chi connectivity index (χ3n) is 1.93. The van der Waals surface area contributed by atoms with Gasteiger partial charge in [-0.3, -0.25) is 19.7 Å². The summed E-state index contributed by atoms with van der Waals surface area (Å²) in [6, 6.07) is 0.196. The van der Waals surface area contributed by atoms with Crippen LogP contribution in [0, 0.1) is 0 Å². The molecule has 3 amide bonds. The fourth-order valence-electron chi connectivity index (χ4n) is 1.17. The van der Waals surface area contributed by atoms with E-state index in [9.17, 15) is 19.2 Å². The molecule has 0 aliphatic rings. The van der Waals surface area contributed by atoms with E-state index in [1.807, 2.05) is 5.32 Å². The molecule has 0 spiro atoms. The largest absolute Gasteiger partial charge is 0.469 e. The Morgan fingerprint density at radius 3 is 2.80 bits per heavy atom. The van der Waals surface area contributed by atoms with Crippen LogP contribution < -0.4 is 16.6 Å². The Morgan fingerprint density at radius 1 is 1.50 bits per heavy atom. The van der Waals surface area contributed by atoms with E-state index < -0.39 is 23.5 Å². The maximum absolute atomic E-state index is 11.4. The molecule has 1 aromatic heterocycles. The van der Waals surface area contributed by atoms with Crippen LogP contribution in [0.4, 0.5) is 4.79 Å². The Bertz CT molecular complexity index is 585. The number of H-pyrrole nitrogens is 1. The minimum Gasteiger partial charge on any atom is -0.469 e. The van der Waals surface area contributed by atoms with Crippen LogP contribution in [0.1, 0.15) is 5.69 Å². The fraction of sp³-hybridized carbons (Fsp3) is 0.300. The summed E-state index contributed by atoms with van der Waals surface area (Å²) in [5.74, 6) is -1.32. The number of imide groups is 1. The molecular formula is C10H12N4O5S. The van der Waals surface area contributed by atoms with Crippen LogP contribution in [0.2, 0.25) is 0 Å². The number of esters is 1. The van der Waals surface area contributed by atoms with Gasteiger partial charge in [-0.15, -0.1) is 0 Å². The van der Waals surface area contributed by atoms with Crippen LogP contribution in [-0.2, 0) is 20.7 Å². The van der Waals surface area contributed by atoms with Crippen molar-refractivity contribution in [2.45, 2.75) is 11.6 Å². The lowest BCUT2D eigenvalue weighted by molar-refractivity contribution is -0.139. The summed E-state index contributed by atoms with van der Waals surface area (Å²) in [5, 5.41) is 2.02. The minimum absolute atomic E-state index is 0.149. The van der Waals surface area contributed by atoms with Crippen molar-refractivity contribution < 1.29 is 19.1 Å². The van der Waals surface area contributed by atoms with Crippen molar-refractivity contribution in [3.8, 4) is 0 Å². The summed E-state index contributed by atoms with van der Waals surface area (Å²) >= 11 is 0.895. The highest BCUT2D eigenvalue weighted by molar-refractivity contribution is 7.99. The van der Waals surface area contributed by atoms with Crippen molar-refractivity contribution >= 4 is 29.7 Å². The highest BCUT2D eigenvalue weighted by Gasteiger charge is 2.10. The number of rotatable bonds is 5. The average Bonchev–Trinajstić information content (AvgIpc) is 2.34. The highest BCUT2D eigenvalue weighted by atomic mass is 32.2. The number of nitrogens with one attached hydrogen (secondary N) is 2. The SMILES string of the molecule is COC(=O)Cc1cc(=O)[nH]c(SCC(=O)NC(N)=O)n1. The van der Waals surface area contributed by atoms with E-state index in [1.54, 1.807) is 0 Å². The first-order valence-electron chi connectivity index (χ1n) is 5.30. The number of hydrogen-bond donors (Lipinski definition) is 3. The molecule has 0 aliphatic carbocycles. The molecule has 0 bridgehead atoms. The summed E-state index contributed by atoms with van der Waals surface area (Å²) < 4.78 is 4.46. The molecule has 20 heavy (non-hydrogen) atoms. The van der Waals surface area contributed by atoms with E-state index in [0.29, 0.717) is 0 Å². The van der Waals surface area contributed by atoms with Crippen molar-refractivity contribution in [1.82, 2.24) is 15.3 Å². The summed E-state index contributed by atoms with van der Waals surface area (Å²) in [5.41, 5.74) is 4.54. The summed E-state index contributed by atoms with van der Waals surface area (Å²) in [7, 11) is 1.22. The molecule has 9 nitrogen and oxygen atoms in total. The van der Waals surface area contributed by atoms with Gasteiger partial charge >= 0.3 is 12.0 Å². The standard InChI is InChI=1S/C10H12N4O5S/c1-19-8(17)3-5-2-6(15)14-10(12-5)20-4-7(16)13-9(11)18/h2H,3-4H2,1H3,(H,12,14,15)(H3,11,13,16,18). The highest BCUT2D eigenvalue weighted by Crippen LogP contribution is 2.11. The predicted octanol–water partition coefficient (Wildman–Crippen LogP) is -1.23. The van der Waals surface area contributed by atoms with Gasteiger partial charge in [0.05, 0.1) is 25.0 Å². The molecule has 1 rings (SSSR count). The second-order valence-corrected chi connectivity index (χ2v) is 4.46. The van der Waals surface area contributed by atoms with Crippen molar-refractivity contribution in [1.29, 1.82) is 0 Å². The number of hydrogen-bond acceptors (Lipinski definition) is 7. The lowest BCUT2D eigenvalue weighted by atomic mass is 10.3. The number of urea groups is 1. The van der Waals surface area contributed by atoms with Crippen molar-refractivity contribution in [2.24, 2.45) is 5.73 Å². The third kappa shape index (κ3) is 5.52. The zero-order chi connectivity index (χ0) is 15.1. The first-order chi connectivity index (χ1) is 9.40. The molecule has 0 saturated heterocycles. The molecule has 0 aromatic carbocycles. The number of aromatic amines is 1. The van der Waals surface area contributed by atoms with Gasteiger partial charge in [0.15, 0.2) is 5.16 Å². The molecule has 108 valence electrons. The number of carbonyl (C=O) groups excluding carboxylic acids is 3. The molecule has 0 saturated carbocycles. The molecule has 10 heteroatoms. The van der Waals surface area contributed by atoms with Crippen LogP contribution in [0.5, 0.6) is 0 Å². The van der Waals surface area contributed by atoms with E-state index in [-0.39, 0.29) is 23.0 Å². The van der Waals surface area contributed by atoms with Gasteiger partial charge in [0.2, 0.25) is 5.91 Å². The van der Waals surface area contributed by atoms with Crippen LogP contribution in [0.3, 0.4) is 0 Å². The van der Waals surface area contributed by atoms with Gasteiger partial charge < -0.3 is 15.5 Å².